The number of hydrogen-bond acceptors (Lipinski definition) is 2. The minimum atomic E-state index is 0.586. The van der Waals surface area contributed by atoms with E-state index in [9.17, 15) is 0 Å². The summed E-state index contributed by atoms with van der Waals surface area (Å²) < 4.78 is 0. The van der Waals surface area contributed by atoms with Gasteiger partial charge in [0.05, 0.1) is 0 Å². The van der Waals surface area contributed by atoms with E-state index in [-0.39, 0.29) is 0 Å². The summed E-state index contributed by atoms with van der Waals surface area (Å²) in [6.45, 7) is 13.3. The molecular weight excluding hydrogens is 244 g/mol. The third-order valence-corrected chi connectivity index (χ3v) is 3.79. The van der Waals surface area contributed by atoms with Crippen molar-refractivity contribution < 1.29 is 0 Å². The van der Waals surface area contributed by atoms with Crippen LogP contribution in [0.2, 0.25) is 0 Å². The lowest BCUT2D eigenvalue weighted by atomic mass is 9.99. The summed E-state index contributed by atoms with van der Waals surface area (Å²) >= 11 is 0. The molecule has 0 bridgehead atoms. The molecule has 0 heterocycles. The Hall–Kier alpha value is -0.860. The highest BCUT2D eigenvalue weighted by atomic mass is 15.1. The maximum Gasteiger partial charge on any atom is 0.0230 e. The molecule has 1 aromatic rings. The van der Waals surface area contributed by atoms with Gasteiger partial charge in [0.25, 0.3) is 0 Å². The van der Waals surface area contributed by atoms with E-state index in [1.807, 2.05) is 0 Å². The van der Waals surface area contributed by atoms with Crippen molar-refractivity contribution in [1.82, 2.24) is 10.2 Å². The predicted octanol–water partition coefficient (Wildman–Crippen LogP) is 3.88. The molecule has 0 aliphatic carbocycles. The maximum atomic E-state index is 3.41. The second-order valence-electron chi connectivity index (χ2n) is 6.37. The van der Waals surface area contributed by atoms with Crippen LogP contribution in [0.1, 0.15) is 51.2 Å². The third-order valence-electron chi connectivity index (χ3n) is 3.79. The molecule has 0 fully saturated rings. The van der Waals surface area contributed by atoms with Gasteiger partial charge in [0.1, 0.15) is 0 Å². The lowest BCUT2D eigenvalue weighted by Gasteiger charge is -2.18. The van der Waals surface area contributed by atoms with Crippen molar-refractivity contribution in [3.63, 3.8) is 0 Å². The van der Waals surface area contributed by atoms with Gasteiger partial charge in [0.15, 0.2) is 0 Å². The summed E-state index contributed by atoms with van der Waals surface area (Å²) in [5.74, 6) is 1.37. The molecule has 0 saturated heterocycles. The van der Waals surface area contributed by atoms with Crippen LogP contribution in [0.25, 0.3) is 0 Å². The normalized spacial score (nSPS) is 13.2. The molecule has 2 nitrogen and oxygen atoms in total. The molecule has 114 valence electrons. The summed E-state index contributed by atoms with van der Waals surface area (Å²) in [5.41, 5.74) is 2.84. The Balaban J connectivity index is 2.45. The smallest absolute Gasteiger partial charge is 0.0230 e. The van der Waals surface area contributed by atoms with Crippen molar-refractivity contribution in [2.75, 3.05) is 26.7 Å². The Morgan fingerprint density at radius 3 is 2.30 bits per heavy atom. The summed E-state index contributed by atoms with van der Waals surface area (Å²) in [6.07, 6.45) is 1.27. The van der Waals surface area contributed by atoms with Crippen LogP contribution in [0.5, 0.6) is 0 Å². The number of benzene rings is 1. The number of hydrogen-bond donors (Lipinski definition) is 1. The van der Waals surface area contributed by atoms with Crippen molar-refractivity contribution in [2.24, 2.45) is 5.92 Å². The molecule has 1 N–H and O–H groups in total. The van der Waals surface area contributed by atoms with Crippen molar-refractivity contribution in [1.29, 1.82) is 0 Å². The Morgan fingerprint density at radius 2 is 1.75 bits per heavy atom. The number of rotatable bonds is 9. The van der Waals surface area contributed by atoms with Crippen molar-refractivity contribution in [3.05, 3.63) is 35.4 Å². The van der Waals surface area contributed by atoms with E-state index < -0.39 is 0 Å². The lowest BCUT2D eigenvalue weighted by molar-refractivity contribution is 0.303. The second kappa shape index (κ2) is 9.15. The van der Waals surface area contributed by atoms with Gasteiger partial charge in [-0.3, -0.25) is 0 Å². The summed E-state index contributed by atoms with van der Waals surface area (Å²) in [6, 6.07) is 9.13. The van der Waals surface area contributed by atoms with Gasteiger partial charge in [-0.1, -0.05) is 52.0 Å². The molecule has 1 atom stereocenters. The molecule has 20 heavy (non-hydrogen) atoms. The standard InChI is InChI=1S/C18H32N2/c1-6-19-13-16(4)18-9-7-17(8-10-18)14-20(5)12-11-15(2)3/h7-10,15-16,19H,6,11-14H2,1-5H3. The van der Waals surface area contributed by atoms with E-state index in [1.54, 1.807) is 0 Å². The van der Waals surface area contributed by atoms with Gasteiger partial charge in [-0.05, 0) is 49.5 Å². The highest BCUT2D eigenvalue weighted by Crippen LogP contribution is 2.16. The monoisotopic (exact) mass is 276 g/mol. The fraction of sp³-hybridized carbons (Fsp3) is 0.667. The number of likely N-dealkylation sites (N-methyl/N-ethyl adjacent to an activating group) is 1. The Morgan fingerprint density at radius 1 is 1.10 bits per heavy atom. The number of nitrogens with zero attached hydrogens (tertiary/aromatic N) is 1. The largest absolute Gasteiger partial charge is 0.316 e. The molecule has 0 spiro atoms. The summed E-state index contributed by atoms with van der Waals surface area (Å²) in [5, 5.41) is 3.41. The van der Waals surface area contributed by atoms with E-state index in [0.717, 1.165) is 25.6 Å². The minimum Gasteiger partial charge on any atom is -0.316 e. The first-order valence-corrected chi connectivity index (χ1v) is 8.01. The highest BCUT2D eigenvalue weighted by molar-refractivity contribution is 5.25. The molecule has 1 aromatic carbocycles. The van der Waals surface area contributed by atoms with Gasteiger partial charge in [0.2, 0.25) is 0 Å². The molecule has 1 unspecified atom stereocenters. The van der Waals surface area contributed by atoms with E-state index in [1.165, 1.54) is 24.1 Å². The van der Waals surface area contributed by atoms with Gasteiger partial charge in [-0.2, -0.15) is 0 Å². The van der Waals surface area contributed by atoms with Gasteiger partial charge in [-0.15, -0.1) is 0 Å². The second-order valence-corrected chi connectivity index (χ2v) is 6.37. The first-order valence-electron chi connectivity index (χ1n) is 8.01. The molecule has 0 aliphatic rings. The first-order chi connectivity index (χ1) is 9.52. The Kier molecular flexibility index (Phi) is 7.86. The molecule has 0 saturated carbocycles. The van der Waals surface area contributed by atoms with Crippen LogP contribution in [0, 0.1) is 5.92 Å². The molecule has 0 radical (unpaired) electrons. The van der Waals surface area contributed by atoms with Gasteiger partial charge in [0, 0.05) is 13.1 Å². The zero-order chi connectivity index (χ0) is 15.0. The van der Waals surface area contributed by atoms with Crippen LogP contribution in [0.4, 0.5) is 0 Å². The van der Waals surface area contributed by atoms with Crippen molar-refractivity contribution >= 4 is 0 Å². The predicted molar refractivity (Wildman–Crippen MR) is 89.2 cm³/mol. The quantitative estimate of drug-likeness (QED) is 0.736. The molecule has 0 aliphatic heterocycles. The third kappa shape index (κ3) is 6.53. The van der Waals surface area contributed by atoms with Crippen LogP contribution in [0.3, 0.4) is 0 Å². The lowest BCUT2D eigenvalue weighted by Crippen LogP contribution is -2.20. The zero-order valence-corrected chi connectivity index (χ0v) is 13.9. The fourth-order valence-electron chi connectivity index (χ4n) is 2.30. The van der Waals surface area contributed by atoms with E-state index in [0.29, 0.717) is 5.92 Å². The molecule has 0 amide bonds. The average Bonchev–Trinajstić information content (AvgIpc) is 2.43. The van der Waals surface area contributed by atoms with Gasteiger partial charge in [-0.25, -0.2) is 0 Å². The molecule has 2 heteroatoms. The van der Waals surface area contributed by atoms with Crippen LogP contribution in [-0.4, -0.2) is 31.6 Å². The van der Waals surface area contributed by atoms with Gasteiger partial charge >= 0.3 is 0 Å². The van der Waals surface area contributed by atoms with E-state index >= 15 is 0 Å². The average molecular weight is 276 g/mol. The summed E-state index contributed by atoms with van der Waals surface area (Å²) in [4.78, 5) is 2.41. The Bertz CT molecular complexity index is 356. The minimum absolute atomic E-state index is 0.586. The van der Waals surface area contributed by atoms with Gasteiger partial charge < -0.3 is 10.2 Å². The number of nitrogens with one attached hydrogen (secondary N) is 1. The van der Waals surface area contributed by atoms with E-state index in [2.05, 4.69) is 69.2 Å². The maximum absolute atomic E-state index is 3.41. The molecule has 1 rings (SSSR count). The topological polar surface area (TPSA) is 15.3 Å². The fourth-order valence-corrected chi connectivity index (χ4v) is 2.30. The summed E-state index contributed by atoms with van der Waals surface area (Å²) in [7, 11) is 2.21. The van der Waals surface area contributed by atoms with Crippen LogP contribution < -0.4 is 5.32 Å². The first kappa shape index (κ1) is 17.2. The van der Waals surface area contributed by atoms with Crippen LogP contribution in [0.15, 0.2) is 24.3 Å². The van der Waals surface area contributed by atoms with Crippen LogP contribution >= 0.6 is 0 Å². The van der Waals surface area contributed by atoms with E-state index in [4.69, 9.17) is 0 Å². The SMILES string of the molecule is CCNCC(C)c1ccc(CN(C)CCC(C)C)cc1. The molecule has 0 aromatic heterocycles. The van der Waals surface area contributed by atoms with Crippen molar-refractivity contribution in [3.8, 4) is 0 Å². The molecular formula is C18H32N2. The highest BCUT2D eigenvalue weighted by Gasteiger charge is 2.06. The van der Waals surface area contributed by atoms with Crippen LogP contribution in [-0.2, 0) is 6.54 Å². The zero-order valence-electron chi connectivity index (χ0n) is 13.9. The Labute approximate surface area is 125 Å². The van der Waals surface area contributed by atoms with Crippen molar-refractivity contribution in [2.45, 2.75) is 46.6 Å².